The predicted octanol–water partition coefficient (Wildman–Crippen LogP) is 1.33. The lowest BCUT2D eigenvalue weighted by molar-refractivity contribution is -0.175. The molecule has 106 valence electrons. The molecule has 0 spiro atoms. The highest BCUT2D eigenvalue weighted by Gasteiger charge is 2.31. The number of hydrogen-bond acceptors (Lipinski definition) is 3. The van der Waals surface area contributed by atoms with E-state index in [4.69, 9.17) is 0 Å². The first kappa shape index (κ1) is 15.2. The van der Waals surface area contributed by atoms with Gasteiger partial charge in [-0.3, -0.25) is 4.79 Å². The zero-order chi connectivity index (χ0) is 13.8. The molecule has 7 heteroatoms. The van der Waals surface area contributed by atoms with Crippen LogP contribution in [0.5, 0.6) is 0 Å². The van der Waals surface area contributed by atoms with Crippen LogP contribution in [0.3, 0.4) is 0 Å². The molecule has 1 aliphatic rings. The summed E-state index contributed by atoms with van der Waals surface area (Å²) in [6.07, 6.45) is -3.13. The number of β-amino-alcohol motifs (C(OH)–C–C–N with tert-alkyl or cyclic N) is 1. The Morgan fingerprint density at radius 2 is 2.17 bits per heavy atom. The van der Waals surface area contributed by atoms with Crippen LogP contribution in [0.15, 0.2) is 0 Å². The number of nitrogens with zero attached hydrogens (tertiary/aromatic N) is 1. The number of aliphatic hydroxyl groups is 1. The fraction of sp³-hybridized carbons (Fsp3) is 0.909. The maximum absolute atomic E-state index is 11.8. The molecular formula is C11H18F3NO3. The number of rotatable bonds is 4. The van der Waals surface area contributed by atoms with Crippen LogP contribution in [0.25, 0.3) is 0 Å². The second-order valence-electron chi connectivity index (χ2n) is 4.83. The minimum Gasteiger partial charge on any atom is -0.388 e. The SMILES string of the molecule is CC1(O)CCCN(C(=O)CCOCC(F)(F)F)C1. The quantitative estimate of drug-likeness (QED) is 0.783. The molecule has 18 heavy (non-hydrogen) atoms. The van der Waals surface area contributed by atoms with Gasteiger partial charge in [0.05, 0.1) is 18.6 Å². The van der Waals surface area contributed by atoms with Gasteiger partial charge < -0.3 is 14.7 Å². The molecule has 1 amide bonds. The molecule has 0 radical (unpaired) electrons. The van der Waals surface area contributed by atoms with Crippen molar-refractivity contribution in [1.82, 2.24) is 4.90 Å². The van der Waals surface area contributed by atoms with Gasteiger partial charge in [-0.1, -0.05) is 0 Å². The number of alkyl halides is 3. The van der Waals surface area contributed by atoms with Crippen molar-refractivity contribution in [3.05, 3.63) is 0 Å². The molecule has 1 unspecified atom stereocenters. The third-order valence-electron chi connectivity index (χ3n) is 2.75. The number of carbonyl (C=O) groups excluding carboxylic acids is 1. The van der Waals surface area contributed by atoms with E-state index < -0.39 is 18.4 Å². The average molecular weight is 269 g/mol. The first-order valence-corrected chi connectivity index (χ1v) is 5.84. The van der Waals surface area contributed by atoms with E-state index in [2.05, 4.69) is 4.74 Å². The Labute approximate surface area is 104 Å². The van der Waals surface area contributed by atoms with Crippen molar-refractivity contribution >= 4 is 5.91 Å². The Morgan fingerprint density at radius 3 is 2.72 bits per heavy atom. The van der Waals surface area contributed by atoms with E-state index in [1.54, 1.807) is 6.92 Å². The van der Waals surface area contributed by atoms with Gasteiger partial charge >= 0.3 is 6.18 Å². The summed E-state index contributed by atoms with van der Waals surface area (Å²) in [5.74, 6) is -0.280. The van der Waals surface area contributed by atoms with E-state index in [9.17, 15) is 23.1 Å². The largest absolute Gasteiger partial charge is 0.411 e. The van der Waals surface area contributed by atoms with Crippen molar-refractivity contribution in [3.8, 4) is 0 Å². The monoisotopic (exact) mass is 269 g/mol. The first-order chi connectivity index (χ1) is 8.20. The van der Waals surface area contributed by atoms with E-state index in [0.29, 0.717) is 19.4 Å². The molecule has 1 N–H and O–H groups in total. The average Bonchev–Trinajstić information content (AvgIpc) is 2.21. The molecule has 1 fully saturated rings. The highest BCUT2D eigenvalue weighted by atomic mass is 19.4. The Kier molecular flexibility index (Phi) is 4.98. The maximum atomic E-state index is 11.8. The van der Waals surface area contributed by atoms with Crippen LogP contribution >= 0.6 is 0 Å². The molecule has 0 bridgehead atoms. The number of ether oxygens (including phenoxy) is 1. The van der Waals surface area contributed by atoms with E-state index in [0.717, 1.165) is 0 Å². The molecule has 0 aliphatic carbocycles. The standard InChI is InChI=1S/C11H18F3NO3/c1-10(17)4-2-5-15(7-10)9(16)3-6-18-8-11(12,13)14/h17H,2-8H2,1H3. The molecule has 0 aromatic rings. The molecule has 1 saturated heterocycles. The lowest BCUT2D eigenvalue weighted by Gasteiger charge is -2.36. The molecule has 4 nitrogen and oxygen atoms in total. The molecule has 1 aliphatic heterocycles. The summed E-state index contributed by atoms with van der Waals surface area (Å²) in [5, 5.41) is 9.80. The summed E-state index contributed by atoms with van der Waals surface area (Å²) in [7, 11) is 0. The molecule has 1 heterocycles. The van der Waals surface area contributed by atoms with Crippen LogP contribution in [0.1, 0.15) is 26.2 Å². The van der Waals surface area contributed by atoms with Gasteiger partial charge in [-0.25, -0.2) is 0 Å². The first-order valence-electron chi connectivity index (χ1n) is 5.84. The molecule has 0 aromatic heterocycles. The smallest absolute Gasteiger partial charge is 0.388 e. The number of amides is 1. The lowest BCUT2D eigenvalue weighted by Crippen LogP contribution is -2.48. The summed E-state index contributed by atoms with van der Waals surface area (Å²) in [6.45, 7) is 0.820. The Morgan fingerprint density at radius 1 is 1.50 bits per heavy atom. The fourth-order valence-electron chi connectivity index (χ4n) is 1.94. The number of hydrogen-bond donors (Lipinski definition) is 1. The van der Waals surface area contributed by atoms with E-state index >= 15 is 0 Å². The second-order valence-corrected chi connectivity index (χ2v) is 4.83. The van der Waals surface area contributed by atoms with E-state index in [1.807, 2.05) is 0 Å². The Bertz CT molecular complexity index is 292. The maximum Gasteiger partial charge on any atom is 0.411 e. The Hall–Kier alpha value is -0.820. The predicted molar refractivity (Wildman–Crippen MR) is 57.9 cm³/mol. The van der Waals surface area contributed by atoms with Crippen molar-refractivity contribution in [2.45, 2.75) is 38.0 Å². The van der Waals surface area contributed by atoms with Crippen LogP contribution in [0.2, 0.25) is 0 Å². The third-order valence-corrected chi connectivity index (χ3v) is 2.75. The summed E-state index contributed by atoms with van der Waals surface area (Å²) >= 11 is 0. The topological polar surface area (TPSA) is 49.8 Å². The van der Waals surface area contributed by atoms with Gasteiger partial charge in [0.25, 0.3) is 0 Å². The zero-order valence-corrected chi connectivity index (χ0v) is 10.3. The van der Waals surface area contributed by atoms with Crippen LogP contribution in [0.4, 0.5) is 13.2 Å². The summed E-state index contributed by atoms with van der Waals surface area (Å²) in [5.41, 5.74) is -0.902. The fourth-order valence-corrected chi connectivity index (χ4v) is 1.94. The van der Waals surface area contributed by atoms with Crippen LogP contribution in [-0.2, 0) is 9.53 Å². The van der Waals surface area contributed by atoms with Crippen molar-refractivity contribution in [2.24, 2.45) is 0 Å². The lowest BCUT2D eigenvalue weighted by atomic mass is 9.95. The van der Waals surface area contributed by atoms with Gasteiger partial charge in [-0.15, -0.1) is 0 Å². The van der Waals surface area contributed by atoms with Gasteiger partial charge in [0.2, 0.25) is 5.91 Å². The molecule has 0 saturated carbocycles. The van der Waals surface area contributed by atoms with Crippen molar-refractivity contribution in [2.75, 3.05) is 26.3 Å². The second kappa shape index (κ2) is 5.88. The Balaban J connectivity index is 2.24. The molecule has 1 rings (SSSR count). The number of likely N-dealkylation sites (tertiary alicyclic amines) is 1. The van der Waals surface area contributed by atoms with Crippen molar-refractivity contribution < 1.29 is 27.8 Å². The summed E-state index contributed by atoms with van der Waals surface area (Å²) < 4.78 is 39.7. The zero-order valence-electron chi connectivity index (χ0n) is 10.3. The number of piperidine rings is 1. The van der Waals surface area contributed by atoms with Gasteiger partial charge in [-0.2, -0.15) is 13.2 Å². The molecule has 0 aromatic carbocycles. The minimum atomic E-state index is -4.36. The van der Waals surface area contributed by atoms with E-state index in [-0.39, 0.29) is 25.5 Å². The van der Waals surface area contributed by atoms with Gasteiger partial charge in [0.1, 0.15) is 6.61 Å². The summed E-state index contributed by atoms with van der Waals surface area (Å²) in [6, 6.07) is 0. The normalized spacial score (nSPS) is 25.3. The highest BCUT2D eigenvalue weighted by Crippen LogP contribution is 2.20. The summed E-state index contributed by atoms with van der Waals surface area (Å²) in [4.78, 5) is 13.1. The van der Waals surface area contributed by atoms with Gasteiger partial charge in [0.15, 0.2) is 0 Å². The minimum absolute atomic E-state index is 0.0911. The van der Waals surface area contributed by atoms with Crippen LogP contribution < -0.4 is 0 Å². The number of carbonyl (C=O) groups is 1. The number of halogens is 3. The molecule has 1 atom stereocenters. The molecular weight excluding hydrogens is 251 g/mol. The van der Waals surface area contributed by atoms with Crippen LogP contribution in [0, 0.1) is 0 Å². The van der Waals surface area contributed by atoms with Gasteiger partial charge in [-0.05, 0) is 19.8 Å². The third kappa shape index (κ3) is 5.68. The van der Waals surface area contributed by atoms with Crippen molar-refractivity contribution in [1.29, 1.82) is 0 Å². The van der Waals surface area contributed by atoms with Crippen LogP contribution in [-0.4, -0.2) is 54.0 Å². The van der Waals surface area contributed by atoms with E-state index in [1.165, 1.54) is 4.90 Å². The highest BCUT2D eigenvalue weighted by molar-refractivity contribution is 5.76. The van der Waals surface area contributed by atoms with Crippen molar-refractivity contribution in [3.63, 3.8) is 0 Å². The van der Waals surface area contributed by atoms with Gasteiger partial charge in [0, 0.05) is 13.1 Å².